The lowest BCUT2D eigenvalue weighted by molar-refractivity contribution is -0.154. The number of ether oxygens (including phenoxy) is 4. The van der Waals surface area contributed by atoms with Crippen LogP contribution in [0.3, 0.4) is 0 Å². The van der Waals surface area contributed by atoms with Gasteiger partial charge in [0.1, 0.15) is 25.4 Å². The predicted molar refractivity (Wildman–Crippen MR) is 95.9 cm³/mol. The van der Waals surface area contributed by atoms with E-state index >= 15 is 0 Å². The minimum atomic E-state index is -4.98. The third-order valence-corrected chi connectivity index (χ3v) is 4.00. The van der Waals surface area contributed by atoms with E-state index in [-0.39, 0.29) is 26.4 Å². The quantitative estimate of drug-likeness (QED) is 0.118. The van der Waals surface area contributed by atoms with E-state index in [1.165, 1.54) is 12.2 Å². The molecule has 11 nitrogen and oxygen atoms in total. The van der Waals surface area contributed by atoms with Crippen LogP contribution in [-0.2, 0) is 38.7 Å². The smallest absolute Gasteiger partial charge is 0.327 e. The Hall–Kier alpha value is -1.83. The Balaban J connectivity index is 4.53. The molecule has 28 heavy (non-hydrogen) atoms. The van der Waals surface area contributed by atoms with E-state index in [4.69, 9.17) is 14.0 Å². The highest BCUT2D eigenvalue weighted by atomic mass is 32.2. The molecule has 3 unspecified atom stereocenters. The van der Waals surface area contributed by atoms with E-state index in [1.807, 2.05) is 0 Å². The summed E-state index contributed by atoms with van der Waals surface area (Å²) in [7, 11) is -4.98. The molecule has 0 fully saturated rings. The number of aliphatic hydroxyl groups is 2. The Bertz CT molecular complexity index is 602. The van der Waals surface area contributed by atoms with Crippen LogP contribution in [0.1, 0.15) is 6.42 Å². The Morgan fingerprint density at radius 1 is 0.893 bits per heavy atom. The summed E-state index contributed by atoms with van der Waals surface area (Å²) in [5.74, 6) is -2.62. The Labute approximate surface area is 163 Å². The topological polar surface area (TPSA) is 166 Å². The standard InChI is InChI=1S/C16H26O11S/c1-3-5-24-8-12(17)10-26-15(19)7-14(28(21,22)23)16(20)27-11-13(18)9-25-6-4-2/h3-4,12-14,17-18H,1-2,5-11H2,(H,21,22,23). The lowest BCUT2D eigenvalue weighted by Crippen LogP contribution is -2.37. The molecule has 0 bridgehead atoms. The molecule has 0 heterocycles. The van der Waals surface area contributed by atoms with Crippen LogP contribution in [-0.4, -0.2) is 92.2 Å². The summed E-state index contributed by atoms with van der Waals surface area (Å²) in [6.45, 7) is 5.63. The molecule has 0 saturated carbocycles. The normalized spacial score (nSPS) is 14.5. The number of carbonyl (C=O) groups excluding carboxylic acids is 2. The molecule has 162 valence electrons. The molecular weight excluding hydrogens is 400 g/mol. The summed E-state index contributed by atoms with van der Waals surface area (Å²) in [4.78, 5) is 23.6. The fraction of sp³-hybridized carbons (Fsp3) is 0.625. The maximum absolute atomic E-state index is 11.9. The third kappa shape index (κ3) is 12.5. The average Bonchev–Trinajstić information content (AvgIpc) is 2.62. The van der Waals surface area contributed by atoms with Crippen LogP contribution in [0.25, 0.3) is 0 Å². The molecule has 0 spiro atoms. The van der Waals surface area contributed by atoms with Gasteiger partial charge in [-0.1, -0.05) is 12.2 Å². The number of hydrogen-bond donors (Lipinski definition) is 3. The van der Waals surface area contributed by atoms with Gasteiger partial charge in [-0.2, -0.15) is 8.42 Å². The van der Waals surface area contributed by atoms with Crippen molar-refractivity contribution in [2.45, 2.75) is 23.9 Å². The van der Waals surface area contributed by atoms with Gasteiger partial charge < -0.3 is 29.2 Å². The first-order valence-corrected chi connectivity index (χ1v) is 9.64. The highest BCUT2D eigenvalue weighted by molar-refractivity contribution is 7.87. The summed E-state index contributed by atoms with van der Waals surface area (Å²) in [5.41, 5.74) is 0. The first kappa shape index (κ1) is 26.2. The van der Waals surface area contributed by atoms with Gasteiger partial charge in [0.2, 0.25) is 0 Å². The van der Waals surface area contributed by atoms with Gasteiger partial charge in [-0.05, 0) is 0 Å². The fourth-order valence-electron chi connectivity index (χ4n) is 1.65. The molecular formula is C16H26O11S. The van der Waals surface area contributed by atoms with Crippen molar-refractivity contribution in [2.24, 2.45) is 0 Å². The van der Waals surface area contributed by atoms with Crippen molar-refractivity contribution in [3.63, 3.8) is 0 Å². The van der Waals surface area contributed by atoms with Gasteiger partial charge in [-0.25, -0.2) is 0 Å². The maximum atomic E-state index is 11.9. The van der Waals surface area contributed by atoms with Gasteiger partial charge in [-0.3, -0.25) is 14.1 Å². The van der Waals surface area contributed by atoms with Crippen molar-refractivity contribution >= 4 is 22.1 Å². The number of carbonyl (C=O) groups is 2. The van der Waals surface area contributed by atoms with Crippen molar-refractivity contribution < 1.29 is 51.7 Å². The zero-order valence-corrected chi connectivity index (χ0v) is 16.1. The molecule has 3 atom stereocenters. The maximum Gasteiger partial charge on any atom is 0.327 e. The van der Waals surface area contributed by atoms with Gasteiger partial charge in [0, 0.05) is 0 Å². The monoisotopic (exact) mass is 426 g/mol. The molecule has 0 aliphatic rings. The summed E-state index contributed by atoms with van der Waals surface area (Å²) >= 11 is 0. The van der Waals surface area contributed by atoms with E-state index in [0.29, 0.717) is 0 Å². The molecule has 0 rings (SSSR count). The third-order valence-electron chi connectivity index (χ3n) is 2.92. The molecule has 3 N–H and O–H groups in total. The van der Waals surface area contributed by atoms with Crippen molar-refractivity contribution in [1.29, 1.82) is 0 Å². The second-order valence-corrected chi connectivity index (χ2v) is 7.08. The lowest BCUT2D eigenvalue weighted by Gasteiger charge is -2.16. The molecule has 0 radical (unpaired) electrons. The second kappa shape index (κ2) is 14.2. The van der Waals surface area contributed by atoms with Crippen LogP contribution in [0.2, 0.25) is 0 Å². The van der Waals surface area contributed by atoms with Crippen LogP contribution in [0.5, 0.6) is 0 Å². The van der Waals surface area contributed by atoms with Crippen molar-refractivity contribution in [3.8, 4) is 0 Å². The molecule has 12 heteroatoms. The van der Waals surface area contributed by atoms with Crippen LogP contribution in [0.15, 0.2) is 25.3 Å². The summed E-state index contributed by atoms with van der Waals surface area (Å²) in [6.07, 6.45) is -0.583. The average molecular weight is 426 g/mol. The Morgan fingerprint density at radius 2 is 1.36 bits per heavy atom. The number of aliphatic hydroxyl groups excluding tert-OH is 2. The SMILES string of the molecule is C=CCOCC(O)COC(=O)CC(C(=O)OCC(O)COCC=C)S(=O)(=O)O. The fourth-order valence-corrected chi connectivity index (χ4v) is 2.31. The molecule has 0 amide bonds. The zero-order valence-electron chi connectivity index (χ0n) is 15.3. The van der Waals surface area contributed by atoms with Gasteiger partial charge in [0.15, 0.2) is 5.25 Å². The second-order valence-electron chi connectivity index (χ2n) is 5.48. The van der Waals surface area contributed by atoms with Crippen molar-refractivity contribution in [3.05, 3.63) is 25.3 Å². The van der Waals surface area contributed by atoms with Gasteiger partial charge in [-0.15, -0.1) is 13.2 Å². The summed E-state index contributed by atoms with van der Waals surface area (Å²) < 4.78 is 50.9. The summed E-state index contributed by atoms with van der Waals surface area (Å²) in [5, 5.41) is 16.8. The molecule has 0 saturated heterocycles. The number of hydrogen-bond acceptors (Lipinski definition) is 10. The van der Waals surface area contributed by atoms with Crippen LogP contribution < -0.4 is 0 Å². The van der Waals surface area contributed by atoms with E-state index in [9.17, 15) is 28.2 Å². The minimum Gasteiger partial charge on any atom is -0.463 e. The molecule has 0 aromatic carbocycles. The highest BCUT2D eigenvalue weighted by Crippen LogP contribution is 2.09. The van der Waals surface area contributed by atoms with E-state index in [2.05, 4.69) is 22.6 Å². The summed E-state index contributed by atoms with van der Waals surface area (Å²) in [6, 6.07) is 0. The van der Waals surface area contributed by atoms with E-state index in [0.717, 1.165) is 0 Å². The van der Waals surface area contributed by atoms with Crippen LogP contribution >= 0.6 is 0 Å². The van der Waals surface area contributed by atoms with Gasteiger partial charge in [0.05, 0.1) is 32.8 Å². The molecule has 0 aromatic rings. The molecule has 0 aromatic heterocycles. The van der Waals surface area contributed by atoms with Crippen LogP contribution in [0.4, 0.5) is 0 Å². The minimum absolute atomic E-state index is 0.148. The first-order chi connectivity index (χ1) is 13.1. The Kier molecular flexibility index (Phi) is 13.3. The van der Waals surface area contributed by atoms with Crippen molar-refractivity contribution in [1.82, 2.24) is 0 Å². The van der Waals surface area contributed by atoms with E-state index in [1.54, 1.807) is 0 Å². The van der Waals surface area contributed by atoms with Gasteiger partial charge in [0.25, 0.3) is 10.1 Å². The molecule has 0 aliphatic carbocycles. The Morgan fingerprint density at radius 3 is 1.79 bits per heavy atom. The zero-order chi connectivity index (χ0) is 21.6. The van der Waals surface area contributed by atoms with Crippen LogP contribution in [0, 0.1) is 0 Å². The van der Waals surface area contributed by atoms with Crippen molar-refractivity contribution in [2.75, 3.05) is 39.6 Å². The van der Waals surface area contributed by atoms with Gasteiger partial charge >= 0.3 is 11.9 Å². The highest BCUT2D eigenvalue weighted by Gasteiger charge is 2.36. The lowest BCUT2D eigenvalue weighted by atomic mass is 10.3. The predicted octanol–water partition coefficient (Wildman–Crippen LogP) is -1.15. The first-order valence-electron chi connectivity index (χ1n) is 8.13. The number of rotatable bonds is 16. The molecule has 0 aliphatic heterocycles. The largest absolute Gasteiger partial charge is 0.463 e. The van der Waals surface area contributed by atoms with E-state index < -0.39 is 59.1 Å². The number of esters is 2.